The number of hydrogen-bond donors (Lipinski definition) is 3. The first-order valence-electron chi connectivity index (χ1n) is 10.1. The molecule has 1 aliphatic heterocycles. The number of carbonyl (C=O) groups excluding carboxylic acids is 2. The molecule has 28 heavy (non-hydrogen) atoms. The summed E-state index contributed by atoms with van der Waals surface area (Å²) in [6.07, 6.45) is 3.35. The molecule has 4 N–H and O–H groups in total. The van der Waals surface area contributed by atoms with E-state index in [4.69, 9.17) is 5.73 Å². The summed E-state index contributed by atoms with van der Waals surface area (Å²) in [5, 5.41) is 6.37. The van der Waals surface area contributed by atoms with Crippen molar-refractivity contribution in [1.29, 1.82) is 0 Å². The molecular weight excluding hydrogens is 354 g/mol. The summed E-state index contributed by atoms with van der Waals surface area (Å²) in [6.45, 7) is 6.31. The number of amides is 2. The maximum absolute atomic E-state index is 12.3. The summed E-state index contributed by atoms with van der Waals surface area (Å²) >= 11 is 0. The molecule has 0 spiro atoms. The van der Waals surface area contributed by atoms with Gasteiger partial charge in [-0.1, -0.05) is 19.1 Å². The first-order chi connectivity index (χ1) is 13.4. The van der Waals surface area contributed by atoms with Crippen LogP contribution in [0.3, 0.4) is 0 Å². The summed E-state index contributed by atoms with van der Waals surface area (Å²) in [5.74, 6) is 0.786. The van der Waals surface area contributed by atoms with Gasteiger partial charge in [0, 0.05) is 44.7 Å². The molecule has 2 atom stereocenters. The Morgan fingerprint density at radius 3 is 2.86 bits per heavy atom. The van der Waals surface area contributed by atoms with E-state index in [1.807, 2.05) is 38.1 Å². The zero-order valence-electron chi connectivity index (χ0n) is 17.2. The summed E-state index contributed by atoms with van der Waals surface area (Å²) in [5.41, 5.74) is 7.03. The second-order valence-corrected chi connectivity index (χ2v) is 7.51. The van der Waals surface area contributed by atoms with Crippen LogP contribution in [0, 0.1) is 5.92 Å². The van der Waals surface area contributed by atoms with Gasteiger partial charge in [0.1, 0.15) is 0 Å². The van der Waals surface area contributed by atoms with E-state index in [-0.39, 0.29) is 23.8 Å². The van der Waals surface area contributed by atoms with Crippen LogP contribution in [0.5, 0.6) is 0 Å². The number of hydrogen-bond acceptors (Lipinski definition) is 3. The fourth-order valence-electron chi connectivity index (χ4n) is 3.45. The minimum Gasteiger partial charge on any atom is -0.370 e. The highest BCUT2D eigenvalue weighted by molar-refractivity contribution is 5.94. The number of piperidine rings is 1. The molecule has 1 aromatic carbocycles. The van der Waals surface area contributed by atoms with Crippen LogP contribution in [0.1, 0.15) is 55.5 Å². The van der Waals surface area contributed by atoms with Crippen molar-refractivity contribution in [1.82, 2.24) is 15.5 Å². The van der Waals surface area contributed by atoms with Crippen molar-refractivity contribution in [2.45, 2.75) is 52.1 Å². The SMILES string of the molecule is CCC(C)NC(=O)c1cccc(CNC(=NC)N2CCCC(CC(N)=O)C2)c1. The molecule has 7 nitrogen and oxygen atoms in total. The molecule has 1 heterocycles. The molecule has 1 aliphatic rings. The Bertz CT molecular complexity index is 704. The Morgan fingerprint density at radius 2 is 2.18 bits per heavy atom. The van der Waals surface area contributed by atoms with Crippen molar-refractivity contribution >= 4 is 17.8 Å². The summed E-state index contributed by atoms with van der Waals surface area (Å²) in [7, 11) is 1.76. The number of primary amides is 1. The number of nitrogens with two attached hydrogens (primary N) is 1. The smallest absolute Gasteiger partial charge is 0.251 e. The van der Waals surface area contributed by atoms with Crippen molar-refractivity contribution < 1.29 is 9.59 Å². The molecular formula is C21H33N5O2. The fraction of sp³-hybridized carbons (Fsp3) is 0.571. The van der Waals surface area contributed by atoms with E-state index < -0.39 is 0 Å². The molecule has 2 rings (SSSR count). The average Bonchev–Trinajstić information content (AvgIpc) is 2.68. The van der Waals surface area contributed by atoms with Gasteiger partial charge < -0.3 is 21.3 Å². The van der Waals surface area contributed by atoms with Crippen LogP contribution in [0.15, 0.2) is 29.3 Å². The highest BCUT2D eigenvalue weighted by atomic mass is 16.2. The lowest BCUT2D eigenvalue weighted by Gasteiger charge is -2.34. The topological polar surface area (TPSA) is 99.8 Å². The second kappa shape index (κ2) is 10.7. The van der Waals surface area contributed by atoms with Crippen LogP contribution < -0.4 is 16.4 Å². The normalized spacial score (nSPS) is 18.5. The van der Waals surface area contributed by atoms with Gasteiger partial charge in [0.15, 0.2) is 5.96 Å². The summed E-state index contributed by atoms with van der Waals surface area (Å²) < 4.78 is 0. The Hall–Kier alpha value is -2.57. The predicted octanol–water partition coefficient (Wildman–Crippen LogP) is 1.88. The minimum absolute atomic E-state index is 0.0501. The maximum atomic E-state index is 12.3. The van der Waals surface area contributed by atoms with Gasteiger partial charge in [-0.3, -0.25) is 14.6 Å². The van der Waals surface area contributed by atoms with E-state index >= 15 is 0 Å². The molecule has 1 fully saturated rings. The van der Waals surface area contributed by atoms with Gasteiger partial charge in [-0.25, -0.2) is 0 Å². The Balaban J connectivity index is 1.95. The van der Waals surface area contributed by atoms with Crippen LogP contribution in [-0.2, 0) is 11.3 Å². The largest absolute Gasteiger partial charge is 0.370 e. The number of guanidine groups is 1. The highest BCUT2D eigenvalue weighted by Crippen LogP contribution is 2.19. The zero-order valence-corrected chi connectivity index (χ0v) is 17.2. The first kappa shape index (κ1) is 21.7. The third-order valence-corrected chi connectivity index (χ3v) is 5.15. The van der Waals surface area contributed by atoms with E-state index in [1.165, 1.54) is 0 Å². The van der Waals surface area contributed by atoms with Crippen molar-refractivity contribution in [2.75, 3.05) is 20.1 Å². The number of nitrogens with one attached hydrogen (secondary N) is 2. The van der Waals surface area contributed by atoms with Gasteiger partial charge in [0.05, 0.1) is 0 Å². The molecule has 0 aliphatic carbocycles. The zero-order chi connectivity index (χ0) is 20.5. The van der Waals surface area contributed by atoms with Crippen molar-refractivity contribution in [2.24, 2.45) is 16.6 Å². The van der Waals surface area contributed by atoms with Crippen LogP contribution in [0.2, 0.25) is 0 Å². The van der Waals surface area contributed by atoms with Crippen molar-refractivity contribution in [3.8, 4) is 0 Å². The average molecular weight is 388 g/mol. The number of aliphatic imine (C=N–C) groups is 1. The number of likely N-dealkylation sites (tertiary alicyclic amines) is 1. The number of benzene rings is 1. The van der Waals surface area contributed by atoms with Gasteiger partial charge in [-0.2, -0.15) is 0 Å². The van der Waals surface area contributed by atoms with E-state index in [2.05, 4.69) is 20.5 Å². The van der Waals surface area contributed by atoms with Gasteiger partial charge in [-0.05, 0) is 49.8 Å². The Morgan fingerprint density at radius 1 is 1.39 bits per heavy atom. The van der Waals surface area contributed by atoms with Crippen LogP contribution in [-0.4, -0.2) is 48.9 Å². The van der Waals surface area contributed by atoms with Crippen LogP contribution in [0.25, 0.3) is 0 Å². The summed E-state index contributed by atoms with van der Waals surface area (Å²) in [4.78, 5) is 30.1. The van der Waals surface area contributed by atoms with E-state index in [0.29, 0.717) is 18.5 Å². The second-order valence-electron chi connectivity index (χ2n) is 7.51. The van der Waals surface area contributed by atoms with Gasteiger partial charge in [0.2, 0.25) is 5.91 Å². The molecule has 1 saturated heterocycles. The lowest BCUT2D eigenvalue weighted by atomic mass is 9.95. The first-order valence-corrected chi connectivity index (χ1v) is 10.1. The van der Waals surface area contributed by atoms with Gasteiger partial charge in [-0.15, -0.1) is 0 Å². The summed E-state index contributed by atoms with van der Waals surface area (Å²) in [6, 6.07) is 7.78. The van der Waals surface area contributed by atoms with Crippen LogP contribution >= 0.6 is 0 Å². The molecule has 154 valence electrons. The highest BCUT2D eigenvalue weighted by Gasteiger charge is 2.23. The predicted molar refractivity (Wildman–Crippen MR) is 112 cm³/mol. The third kappa shape index (κ3) is 6.55. The molecule has 2 amide bonds. The Labute approximate surface area is 167 Å². The van der Waals surface area contributed by atoms with Gasteiger partial charge >= 0.3 is 0 Å². The molecule has 0 aromatic heterocycles. The monoisotopic (exact) mass is 387 g/mol. The molecule has 0 radical (unpaired) electrons. The van der Waals surface area contributed by atoms with Gasteiger partial charge in [0.25, 0.3) is 5.91 Å². The lowest BCUT2D eigenvalue weighted by molar-refractivity contribution is -0.119. The fourth-order valence-corrected chi connectivity index (χ4v) is 3.45. The number of nitrogens with zero attached hydrogens (tertiary/aromatic N) is 2. The Kier molecular flexibility index (Phi) is 8.29. The molecule has 0 saturated carbocycles. The number of carbonyl (C=O) groups is 2. The third-order valence-electron chi connectivity index (χ3n) is 5.15. The van der Waals surface area contributed by atoms with E-state index in [0.717, 1.165) is 43.9 Å². The van der Waals surface area contributed by atoms with Crippen molar-refractivity contribution in [3.63, 3.8) is 0 Å². The van der Waals surface area contributed by atoms with E-state index in [9.17, 15) is 9.59 Å². The molecule has 0 bridgehead atoms. The molecule has 2 unspecified atom stereocenters. The van der Waals surface area contributed by atoms with E-state index in [1.54, 1.807) is 7.05 Å². The minimum atomic E-state index is -0.248. The molecule has 1 aromatic rings. The molecule has 7 heteroatoms. The van der Waals surface area contributed by atoms with Crippen molar-refractivity contribution in [3.05, 3.63) is 35.4 Å². The number of rotatable bonds is 7. The van der Waals surface area contributed by atoms with Crippen LogP contribution in [0.4, 0.5) is 0 Å². The standard InChI is InChI=1S/C21H33N5O2/c1-4-15(2)25-20(28)18-9-5-7-16(11-18)13-24-21(23-3)26-10-6-8-17(14-26)12-19(22)27/h5,7,9,11,15,17H,4,6,8,10,12-14H2,1-3H3,(H2,22,27)(H,23,24)(H,25,28). The lowest BCUT2D eigenvalue weighted by Crippen LogP contribution is -2.46. The quantitative estimate of drug-likeness (QED) is 0.491. The maximum Gasteiger partial charge on any atom is 0.251 e.